The average Bonchev–Trinajstić information content (AvgIpc) is 3.18. The van der Waals surface area contributed by atoms with Gasteiger partial charge in [0.2, 0.25) is 11.1 Å². The zero-order valence-corrected chi connectivity index (χ0v) is 20.9. The lowest BCUT2D eigenvalue weighted by Crippen LogP contribution is -2.27. The van der Waals surface area contributed by atoms with E-state index >= 15 is 0 Å². The van der Waals surface area contributed by atoms with Crippen molar-refractivity contribution in [1.82, 2.24) is 14.8 Å². The number of ketones is 1. The number of aromatic nitrogens is 3. The number of carbonyl (C=O) groups excluding carboxylic acids is 1. The van der Waals surface area contributed by atoms with E-state index in [2.05, 4.69) is 17.2 Å². The van der Waals surface area contributed by atoms with Crippen molar-refractivity contribution in [3.63, 3.8) is 0 Å². The maximum Gasteiger partial charge on any atom is 0.227 e. The number of thioether (sulfide) groups is 1. The Morgan fingerprint density at radius 2 is 1.97 bits per heavy atom. The number of rotatable bonds is 8. The quantitative estimate of drug-likeness (QED) is 0.352. The van der Waals surface area contributed by atoms with Gasteiger partial charge in [-0.25, -0.2) is 4.68 Å². The Bertz CT molecular complexity index is 1210. The highest BCUT2D eigenvalue weighted by atomic mass is 35.5. The number of fused-ring (bicyclic) bond motifs is 1. The first kappa shape index (κ1) is 23.7. The van der Waals surface area contributed by atoms with E-state index in [4.69, 9.17) is 33.0 Å². The van der Waals surface area contributed by atoms with E-state index in [0.29, 0.717) is 39.1 Å². The van der Waals surface area contributed by atoms with E-state index in [-0.39, 0.29) is 11.8 Å². The molecular formula is C24H24Cl2N4O2S. The molecule has 2 aromatic carbocycles. The van der Waals surface area contributed by atoms with Gasteiger partial charge in [0, 0.05) is 32.6 Å². The minimum absolute atomic E-state index is 0.00776. The van der Waals surface area contributed by atoms with Crippen LogP contribution in [0, 0.1) is 0 Å². The summed E-state index contributed by atoms with van der Waals surface area (Å²) in [4.78, 5) is 17.2. The smallest absolute Gasteiger partial charge is 0.227 e. The fraction of sp³-hybridized carbons (Fsp3) is 0.292. The van der Waals surface area contributed by atoms with Crippen molar-refractivity contribution >= 4 is 46.7 Å². The molecule has 1 atom stereocenters. The first-order valence-electron chi connectivity index (χ1n) is 10.6. The molecule has 0 fully saturated rings. The molecule has 9 heteroatoms. The number of nitrogens with zero attached hydrogens (tertiary/aromatic N) is 3. The van der Waals surface area contributed by atoms with Crippen LogP contribution < -0.4 is 10.1 Å². The lowest BCUT2D eigenvalue weighted by atomic mass is 9.93. The Balaban J connectivity index is 1.60. The monoisotopic (exact) mass is 502 g/mol. The maximum absolute atomic E-state index is 12.6. The summed E-state index contributed by atoms with van der Waals surface area (Å²) in [6, 6.07) is 12.7. The molecule has 172 valence electrons. The number of benzene rings is 2. The Morgan fingerprint density at radius 1 is 1.21 bits per heavy atom. The van der Waals surface area contributed by atoms with E-state index in [1.54, 1.807) is 35.5 Å². The average molecular weight is 503 g/mol. The summed E-state index contributed by atoms with van der Waals surface area (Å²) >= 11 is 13.8. The van der Waals surface area contributed by atoms with Crippen LogP contribution in [0.2, 0.25) is 10.0 Å². The minimum atomic E-state index is -0.359. The van der Waals surface area contributed by atoms with E-state index in [1.807, 2.05) is 37.3 Å². The van der Waals surface area contributed by atoms with E-state index in [9.17, 15) is 4.79 Å². The summed E-state index contributed by atoms with van der Waals surface area (Å²) in [7, 11) is 0. The minimum Gasteiger partial charge on any atom is -0.489 e. The van der Waals surface area contributed by atoms with Crippen LogP contribution in [-0.4, -0.2) is 26.3 Å². The summed E-state index contributed by atoms with van der Waals surface area (Å²) in [5, 5.41) is 9.77. The summed E-state index contributed by atoms with van der Waals surface area (Å²) in [5.74, 6) is 2.26. The summed E-state index contributed by atoms with van der Waals surface area (Å²) in [5.41, 5.74) is 3.24. The predicted molar refractivity (Wildman–Crippen MR) is 133 cm³/mol. The van der Waals surface area contributed by atoms with Gasteiger partial charge in [0.1, 0.15) is 18.4 Å². The SMILES string of the molecule is CCCSc1nc2n(n1)C(c1ccc(OCc3ccc(Cl)cc3Cl)cc1)C(C(C)=O)=C(C)N2. The van der Waals surface area contributed by atoms with Gasteiger partial charge < -0.3 is 10.1 Å². The van der Waals surface area contributed by atoms with Crippen molar-refractivity contribution in [1.29, 1.82) is 0 Å². The van der Waals surface area contributed by atoms with Gasteiger partial charge in [-0.05, 0) is 50.1 Å². The van der Waals surface area contributed by atoms with Crippen LogP contribution >= 0.6 is 35.0 Å². The van der Waals surface area contributed by atoms with Crippen LogP contribution in [0.4, 0.5) is 5.95 Å². The third-order valence-corrected chi connectivity index (χ3v) is 6.88. The molecule has 0 saturated carbocycles. The number of hydrogen-bond donors (Lipinski definition) is 1. The zero-order chi connectivity index (χ0) is 23.5. The number of anilines is 1. The fourth-order valence-electron chi connectivity index (χ4n) is 3.70. The number of Topliss-reactive ketones (excluding diaryl/α,β-unsaturated/α-hetero) is 1. The molecule has 6 nitrogen and oxygen atoms in total. The lowest BCUT2D eigenvalue weighted by molar-refractivity contribution is -0.114. The third-order valence-electron chi connectivity index (χ3n) is 5.25. The Kier molecular flexibility index (Phi) is 7.32. The van der Waals surface area contributed by atoms with Gasteiger partial charge in [0.15, 0.2) is 5.78 Å². The van der Waals surface area contributed by atoms with E-state index < -0.39 is 0 Å². The lowest BCUT2D eigenvalue weighted by Gasteiger charge is -2.28. The van der Waals surface area contributed by atoms with Gasteiger partial charge in [-0.15, -0.1) is 5.10 Å². The van der Waals surface area contributed by atoms with Gasteiger partial charge >= 0.3 is 0 Å². The van der Waals surface area contributed by atoms with Crippen LogP contribution in [0.3, 0.4) is 0 Å². The van der Waals surface area contributed by atoms with Crippen LogP contribution in [-0.2, 0) is 11.4 Å². The molecule has 3 aromatic rings. The molecule has 0 amide bonds. The van der Waals surface area contributed by atoms with Crippen molar-refractivity contribution in [2.75, 3.05) is 11.1 Å². The number of allylic oxidation sites excluding steroid dienone is 2. The second kappa shape index (κ2) is 10.2. The van der Waals surface area contributed by atoms with Gasteiger partial charge in [-0.1, -0.05) is 60.1 Å². The number of halogens is 2. The predicted octanol–water partition coefficient (Wildman–Crippen LogP) is 6.54. The topological polar surface area (TPSA) is 69.0 Å². The first-order chi connectivity index (χ1) is 15.9. The summed E-state index contributed by atoms with van der Waals surface area (Å²) < 4.78 is 7.71. The molecule has 0 saturated heterocycles. The summed E-state index contributed by atoms with van der Waals surface area (Å²) in [6.45, 7) is 5.92. The van der Waals surface area contributed by atoms with Crippen LogP contribution in [0.5, 0.6) is 5.75 Å². The molecular weight excluding hydrogens is 479 g/mol. The molecule has 0 bridgehead atoms. The standard InChI is InChI=1S/C24H24Cl2N4O2S/c1-4-11-33-24-28-23-27-14(2)21(15(3)31)22(30(23)29-24)16-6-9-19(10-7-16)32-13-17-5-8-18(25)12-20(17)26/h5-10,12,22H,4,11,13H2,1-3H3,(H,27,28,29). The molecule has 4 rings (SSSR count). The van der Waals surface area contributed by atoms with Crippen LogP contribution in [0.1, 0.15) is 44.4 Å². The van der Waals surface area contributed by atoms with E-state index in [1.165, 1.54) is 0 Å². The Hall–Kier alpha value is -2.48. The molecule has 1 aromatic heterocycles. The second-order valence-electron chi connectivity index (χ2n) is 7.73. The van der Waals surface area contributed by atoms with Crippen LogP contribution in [0.25, 0.3) is 0 Å². The number of ether oxygens (including phenoxy) is 1. The van der Waals surface area contributed by atoms with Gasteiger partial charge in [0.05, 0.1) is 0 Å². The highest BCUT2D eigenvalue weighted by Gasteiger charge is 2.32. The Labute approximate surface area is 207 Å². The van der Waals surface area contributed by atoms with E-state index in [0.717, 1.165) is 29.0 Å². The van der Waals surface area contributed by atoms with Crippen molar-refractivity contribution in [3.8, 4) is 5.75 Å². The van der Waals surface area contributed by atoms with Crippen molar-refractivity contribution in [3.05, 3.63) is 74.9 Å². The van der Waals surface area contributed by atoms with Crippen molar-refractivity contribution in [2.24, 2.45) is 0 Å². The molecule has 2 heterocycles. The van der Waals surface area contributed by atoms with Gasteiger partial charge in [-0.3, -0.25) is 4.79 Å². The second-order valence-corrected chi connectivity index (χ2v) is 9.63. The summed E-state index contributed by atoms with van der Waals surface area (Å²) in [6.07, 6.45) is 1.03. The third kappa shape index (κ3) is 5.21. The first-order valence-corrected chi connectivity index (χ1v) is 12.4. The maximum atomic E-state index is 12.6. The fourth-order valence-corrected chi connectivity index (χ4v) is 4.84. The van der Waals surface area contributed by atoms with Crippen molar-refractivity contribution < 1.29 is 9.53 Å². The molecule has 0 radical (unpaired) electrons. The molecule has 1 N–H and O–H groups in total. The number of hydrogen-bond acceptors (Lipinski definition) is 6. The molecule has 1 unspecified atom stereocenters. The number of nitrogens with one attached hydrogen (secondary N) is 1. The van der Waals surface area contributed by atoms with Gasteiger partial charge in [0.25, 0.3) is 0 Å². The molecule has 1 aliphatic rings. The number of carbonyl (C=O) groups is 1. The van der Waals surface area contributed by atoms with Crippen LogP contribution in [0.15, 0.2) is 58.9 Å². The molecule has 1 aliphatic heterocycles. The molecule has 33 heavy (non-hydrogen) atoms. The molecule has 0 spiro atoms. The van der Waals surface area contributed by atoms with Crippen molar-refractivity contribution in [2.45, 2.75) is 45.0 Å². The highest BCUT2D eigenvalue weighted by Crippen LogP contribution is 2.37. The Morgan fingerprint density at radius 3 is 2.64 bits per heavy atom. The zero-order valence-electron chi connectivity index (χ0n) is 18.6. The largest absolute Gasteiger partial charge is 0.489 e. The molecule has 0 aliphatic carbocycles. The normalized spacial score (nSPS) is 15.2. The highest BCUT2D eigenvalue weighted by molar-refractivity contribution is 7.99. The van der Waals surface area contributed by atoms with Gasteiger partial charge in [-0.2, -0.15) is 4.98 Å².